The molecule has 0 radical (unpaired) electrons. The third-order valence-corrected chi connectivity index (χ3v) is 4.13. The van der Waals surface area contributed by atoms with E-state index in [9.17, 15) is 0 Å². The van der Waals surface area contributed by atoms with Crippen LogP contribution in [0.25, 0.3) is 0 Å². The Labute approximate surface area is 90.3 Å². The number of rotatable bonds is 2. The van der Waals surface area contributed by atoms with Crippen molar-refractivity contribution >= 4 is 11.8 Å². The highest BCUT2D eigenvalue weighted by molar-refractivity contribution is 7.99. The molecule has 2 N–H and O–H groups in total. The van der Waals surface area contributed by atoms with E-state index in [1.165, 1.54) is 11.5 Å². The summed E-state index contributed by atoms with van der Waals surface area (Å²) in [4.78, 5) is 0. The van der Waals surface area contributed by atoms with Crippen LogP contribution in [0.15, 0.2) is 0 Å². The maximum Gasteiger partial charge on any atom is 0.0715 e. The Morgan fingerprint density at radius 3 is 3.07 bits per heavy atom. The van der Waals surface area contributed by atoms with E-state index in [1.54, 1.807) is 0 Å². The molecule has 2 fully saturated rings. The molecule has 3 atom stereocenters. The van der Waals surface area contributed by atoms with Crippen LogP contribution in [0.4, 0.5) is 0 Å². The van der Waals surface area contributed by atoms with E-state index < -0.39 is 0 Å². The van der Waals surface area contributed by atoms with Gasteiger partial charge in [0.1, 0.15) is 0 Å². The van der Waals surface area contributed by atoms with Crippen LogP contribution in [-0.2, 0) is 4.74 Å². The lowest BCUT2D eigenvalue weighted by atomic mass is 10.1. The van der Waals surface area contributed by atoms with E-state index in [4.69, 9.17) is 4.74 Å². The zero-order valence-corrected chi connectivity index (χ0v) is 9.61. The molecule has 0 aromatic rings. The molecule has 2 aliphatic heterocycles. The Kier molecular flexibility index (Phi) is 4.10. The second kappa shape index (κ2) is 5.35. The van der Waals surface area contributed by atoms with Crippen molar-refractivity contribution < 1.29 is 4.74 Å². The van der Waals surface area contributed by atoms with Gasteiger partial charge in [0.05, 0.1) is 12.7 Å². The summed E-state index contributed by atoms with van der Waals surface area (Å²) in [5, 5.41) is 7.01. The monoisotopic (exact) mass is 216 g/mol. The maximum atomic E-state index is 5.70. The molecule has 3 unspecified atom stereocenters. The topological polar surface area (TPSA) is 33.3 Å². The van der Waals surface area contributed by atoms with Crippen molar-refractivity contribution in [1.82, 2.24) is 10.6 Å². The Hall–Kier alpha value is 0.230. The van der Waals surface area contributed by atoms with Gasteiger partial charge in [0.15, 0.2) is 0 Å². The molecule has 0 aromatic heterocycles. The molecule has 2 saturated heterocycles. The zero-order chi connectivity index (χ0) is 9.80. The SMILES string of the molecule is CC1CSCC(CC2CNCCO2)N1. The first-order valence-electron chi connectivity index (χ1n) is 5.50. The molecule has 0 spiro atoms. The molecule has 3 nitrogen and oxygen atoms in total. The molecule has 0 aromatic carbocycles. The Morgan fingerprint density at radius 1 is 1.43 bits per heavy atom. The van der Waals surface area contributed by atoms with Gasteiger partial charge in [0.25, 0.3) is 0 Å². The molecule has 4 heteroatoms. The summed E-state index contributed by atoms with van der Waals surface area (Å²) in [6.45, 7) is 5.18. The fourth-order valence-corrected chi connectivity index (χ4v) is 3.21. The normalized spacial score (nSPS) is 39.6. The highest BCUT2D eigenvalue weighted by Crippen LogP contribution is 2.17. The lowest BCUT2D eigenvalue weighted by Crippen LogP contribution is -2.48. The quantitative estimate of drug-likeness (QED) is 0.702. The number of morpholine rings is 1. The van der Waals surface area contributed by atoms with Crippen molar-refractivity contribution in [1.29, 1.82) is 0 Å². The van der Waals surface area contributed by atoms with Crippen LogP contribution < -0.4 is 10.6 Å². The fourth-order valence-electron chi connectivity index (χ4n) is 2.11. The Morgan fingerprint density at radius 2 is 2.36 bits per heavy atom. The van der Waals surface area contributed by atoms with Crippen molar-refractivity contribution in [3.63, 3.8) is 0 Å². The zero-order valence-electron chi connectivity index (χ0n) is 8.79. The molecular weight excluding hydrogens is 196 g/mol. The molecular formula is C10H20N2OS. The molecule has 2 rings (SSSR count). The van der Waals surface area contributed by atoms with Crippen molar-refractivity contribution in [2.45, 2.75) is 31.5 Å². The predicted molar refractivity (Wildman–Crippen MR) is 60.9 cm³/mol. The van der Waals surface area contributed by atoms with Crippen molar-refractivity contribution in [3.8, 4) is 0 Å². The lowest BCUT2D eigenvalue weighted by molar-refractivity contribution is 0.0181. The Bertz CT molecular complexity index is 174. The standard InChI is InChI=1S/C10H20N2OS/c1-8-6-14-7-9(12-8)4-10-5-11-2-3-13-10/h8-12H,2-7H2,1H3. The van der Waals surface area contributed by atoms with Gasteiger partial charge in [-0.2, -0.15) is 11.8 Å². The molecule has 82 valence electrons. The van der Waals surface area contributed by atoms with Crippen LogP contribution in [0.2, 0.25) is 0 Å². The smallest absolute Gasteiger partial charge is 0.0715 e. The van der Waals surface area contributed by atoms with Gasteiger partial charge in [-0.25, -0.2) is 0 Å². The van der Waals surface area contributed by atoms with Gasteiger partial charge in [-0.1, -0.05) is 0 Å². The second-order valence-corrected chi connectivity index (χ2v) is 5.31. The second-order valence-electron chi connectivity index (χ2n) is 4.23. The first-order chi connectivity index (χ1) is 6.84. The molecule has 0 amide bonds. The maximum absolute atomic E-state index is 5.70. The van der Waals surface area contributed by atoms with Crippen molar-refractivity contribution in [2.24, 2.45) is 0 Å². The molecule has 2 heterocycles. The number of hydrogen-bond donors (Lipinski definition) is 2. The van der Waals surface area contributed by atoms with E-state index in [0.29, 0.717) is 18.2 Å². The largest absolute Gasteiger partial charge is 0.376 e. The van der Waals surface area contributed by atoms with Crippen LogP contribution in [-0.4, -0.2) is 49.4 Å². The number of nitrogens with one attached hydrogen (secondary N) is 2. The third-order valence-electron chi connectivity index (χ3n) is 2.76. The minimum atomic E-state index is 0.423. The van der Waals surface area contributed by atoms with E-state index in [2.05, 4.69) is 29.3 Å². The van der Waals surface area contributed by atoms with E-state index in [-0.39, 0.29) is 0 Å². The summed E-state index contributed by atoms with van der Waals surface area (Å²) in [5.74, 6) is 2.49. The third kappa shape index (κ3) is 3.12. The molecule has 0 bridgehead atoms. The van der Waals surface area contributed by atoms with Crippen LogP contribution in [0, 0.1) is 0 Å². The van der Waals surface area contributed by atoms with Gasteiger partial charge in [-0.05, 0) is 13.3 Å². The van der Waals surface area contributed by atoms with Gasteiger partial charge in [-0.3, -0.25) is 0 Å². The van der Waals surface area contributed by atoms with Crippen molar-refractivity contribution in [3.05, 3.63) is 0 Å². The highest BCUT2D eigenvalue weighted by Gasteiger charge is 2.23. The van der Waals surface area contributed by atoms with Gasteiger partial charge >= 0.3 is 0 Å². The molecule has 0 aliphatic carbocycles. The summed E-state index contributed by atoms with van der Waals surface area (Å²) in [5.41, 5.74) is 0. The summed E-state index contributed by atoms with van der Waals surface area (Å²) in [7, 11) is 0. The minimum Gasteiger partial charge on any atom is -0.376 e. The first kappa shape index (κ1) is 10.7. The van der Waals surface area contributed by atoms with E-state index in [0.717, 1.165) is 26.1 Å². The van der Waals surface area contributed by atoms with Gasteiger partial charge < -0.3 is 15.4 Å². The van der Waals surface area contributed by atoms with Gasteiger partial charge in [0, 0.05) is 36.7 Å². The van der Waals surface area contributed by atoms with Gasteiger partial charge in [-0.15, -0.1) is 0 Å². The first-order valence-corrected chi connectivity index (χ1v) is 6.66. The molecule has 0 saturated carbocycles. The van der Waals surface area contributed by atoms with E-state index >= 15 is 0 Å². The highest BCUT2D eigenvalue weighted by atomic mass is 32.2. The number of ether oxygens (including phenoxy) is 1. The van der Waals surface area contributed by atoms with Crippen LogP contribution in [0.5, 0.6) is 0 Å². The summed E-state index contributed by atoms with van der Waals surface area (Å²) < 4.78 is 5.70. The average molecular weight is 216 g/mol. The van der Waals surface area contributed by atoms with Crippen molar-refractivity contribution in [2.75, 3.05) is 31.2 Å². The summed E-state index contributed by atoms with van der Waals surface area (Å²) in [6.07, 6.45) is 1.58. The number of hydrogen-bond acceptors (Lipinski definition) is 4. The lowest BCUT2D eigenvalue weighted by Gasteiger charge is -2.32. The summed E-state index contributed by atoms with van der Waals surface area (Å²) >= 11 is 2.06. The minimum absolute atomic E-state index is 0.423. The predicted octanol–water partition coefficient (Wildman–Crippen LogP) is 0.458. The fraction of sp³-hybridized carbons (Fsp3) is 1.00. The molecule has 2 aliphatic rings. The number of thioether (sulfide) groups is 1. The van der Waals surface area contributed by atoms with Crippen LogP contribution in [0.3, 0.4) is 0 Å². The molecule has 14 heavy (non-hydrogen) atoms. The van der Waals surface area contributed by atoms with Gasteiger partial charge in [0.2, 0.25) is 0 Å². The summed E-state index contributed by atoms with van der Waals surface area (Å²) in [6, 6.07) is 1.31. The van der Waals surface area contributed by atoms with E-state index in [1.807, 2.05) is 0 Å². The average Bonchev–Trinajstić information content (AvgIpc) is 2.19. The Balaban J connectivity index is 1.72. The van der Waals surface area contributed by atoms with Crippen LogP contribution >= 0.6 is 11.8 Å². The van der Waals surface area contributed by atoms with Crippen LogP contribution in [0.1, 0.15) is 13.3 Å².